The molecule has 3 N–H and O–H groups in total. The van der Waals surface area contributed by atoms with E-state index in [0.29, 0.717) is 11.3 Å². The third kappa shape index (κ3) is 6.80. The number of benzene rings is 4. The van der Waals surface area contributed by atoms with Crippen molar-refractivity contribution in [3.05, 3.63) is 120 Å². The van der Waals surface area contributed by atoms with Crippen molar-refractivity contribution in [2.75, 3.05) is 10.6 Å². The van der Waals surface area contributed by atoms with Crippen molar-refractivity contribution in [2.24, 2.45) is 0 Å². The van der Waals surface area contributed by atoms with Crippen LogP contribution < -0.4 is 16.0 Å². The van der Waals surface area contributed by atoms with Crippen molar-refractivity contribution in [1.29, 1.82) is 0 Å². The van der Waals surface area contributed by atoms with E-state index in [-0.39, 0.29) is 22.3 Å². The molecule has 0 radical (unpaired) electrons. The van der Waals surface area contributed by atoms with E-state index < -0.39 is 17.6 Å². The van der Waals surface area contributed by atoms with Gasteiger partial charge in [-0.05, 0) is 77.9 Å². The number of amides is 2. The molecule has 0 heterocycles. The third-order valence-corrected chi connectivity index (χ3v) is 5.54. The molecule has 5 nitrogen and oxygen atoms in total. The molecule has 0 spiro atoms. The van der Waals surface area contributed by atoms with Crippen LogP contribution in [0.5, 0.6) is 0 Å². The molecule has 0 saturated carbocycles. The second-order valence-corrected chi connectivity index (χ2v) is 8.37. The lowest BCUT2D eigenvalue weighted by molar-refractivity contribution is -0.137. The van der Waals surface area contributed by atoms with Gasteiger partial charge in [0.25, 0.3) is 11.8 Å². The van der Waals surface area contributed by atoms with E-state index in [2.05, 4.69) is 16.0 Å². The van der Waals surface area contributed by atoms with E-state index >= 15 is 0 Å². The summed E-state index contributed by atoms with van der Waals surface area (Å²) in [4.78, 5) is 25.0. The van der Waals surface area contributed by atoms with Crippen molar-refractivity contribution in [3.8, 4) is 11.1 Å². The van der Waals surface area contributed by atoms with Crippen molar-refractivity contribution < 1.29 is 22.8 Å². The van der Waals surface area contributed by atoms with Gasteiger partial charge in [-0.25, -0.2) is 0 Å². The Morgan fingerprint density at radius 2 is 1.22 bits per heavy atom. The first-order valence-corrected chi connectivity index (χ1v) is 11.5. The van der Waals surface area contributed by atoms with E-state index in [1.54, 1.807) is 24.3 Å². The number of carbonyl (C=O) groups excluding carboxylic acids is 2. The smallest absolute Gasteiger partial charge is 0.332 e. The Hall–Kier alpha value is -4.50. The Balaban J connectivity index is 1.32. The zero-order chi connectivity index (χ0) is 26.4. The minimum atomic E-state index is -4.51. The largest absolute Gasteiger partial charge is 0.416 e. The summed E-state index contributed by atoms with van der Waals surface area (Å²) in [7, 11) is 0. The van der Waals surface area contributed by atoms with Crippen LogP contribution in [-0.2, 0) is 6.18 Å². The summed E-state index contributed by atoms with van der Waals surface area (Å²) < 4.78 is 38.6. The van der Waals surface area contributed by atoms with E-state index in [1.807, 2.05) is 42.5 Å². The summed E-state index contributed by atoms with van der Waals surface area (Å²) in [6.07, 6.45) is -4.51. The van der Waals surface area contributed by atoms with Crippen LogP contribution in [0, 0.1) is 0 Å². The predicted molar refractivity (Wildman–Crippen MR) is 141 cm³/mol. The summed E-state index contributed by atoms with van der Waals surface area (Å²) in [5.41, 5.74) is 2.38. The molecule has 0 fully saturated rings. The van der Waals surface area contributed by atoms with Crippen molar-refractivity contribution in [3.63, 3.8) is 0 Å². The molecule has 0 saturated heterocycles. The minimum absolute atomic E-state index is 0.0303. The van der Waals surface area contributed by atoms with Crippen LogP contribution in [0.2, 0.25) is 0 Å². The highest BCUT2D eigenvalue weighted by atomic mass is 32.1. The van der Waals surface area contributed by atoms with Crippen molar-refractivity contribution in [1.82, 2.24) is 5.32 Å². The molecule has 0 aliphatic heterocycles. The first-order chi connectivity index (χ1) is 17.7. The van der Waals surface area contributed by atoms with Crippen LogP contribution in [0.3, 0.4) is 0 Å². The molecular weight excluding hydrogens is 499 g/mol. The van der Waals surface area contributed by atoms with E-state index in [4.69, 9.17) is 12.2 Å². The number of hydrogen-bond acceptors (Lipinski definition) is 3. The normalized spacial score (nSPS) is 10.9. The number of carbonyl (C=O) groups is 2. The zero-order valence-electron chi connectivity index (χ0n) is 19.2. The zero-order valence-corrected chi connectivity index (χ0v) is 20.0. The Labute approximate surface area is 216 Å². The molecule has 0 aromatic heterocycles. The Kier molecular flexibility index (Phi) is 7.64. The van der Waals surface area contributed by atoms with Gasteiger partial charge in [0.1, 0.15) is 0 Å². The number of alkyl halides is 3. The molecule has 0 bridgehead atoms. The number of rotatable bonds is 5. The van der Waals surface area contributed by atoms with Crippen LogP contribution in [0.25, 0.3) is 11.1 Å². The molecule has 0 aliphatic rings. The topological polar surface area (TPSA) is 70.2 Å². The molecule has 186 valence electrons. The van der Waals surface area contributed by atoms with E-state index in [9.17, 15) is 22.8 Å². The number of halogens is 3. The van der Waals surface area contributed by atoms with Gasteiger partial charge in [-0.3, -0.25) is 14.9 Å². The lowest BCUT2D eigenvalue weighted by atomic mass is 10.0. The molecule has 4 aromatic carbocycles. The molecule has 0 aliphatic carbocycles. The third-order valence-electron chi connectivity index (χ3n) is 5.33. The van der Waals surface area contributed by atoms with Crippen molar-refractivity contribution in [2.45, 2.75) is 6.18 Å². The molecular formula is C28H20F3N3O2S. The van der Waals surface area contributed by atoms with Gasteiger partial charge in [0.15, 0.2) is 5.11 Å². The molecule has 9 heteroatoms. The second-order valence-electron chi connectivity index (χ2n) is 7.96. The SMILES string of the molecule is O=C(NC(=S)Nc1ccc(C(=O)Nc2cccc(C(F)(F)F)c2)cc1)c1ccc(-c2ccccc2)cc1. The maximum Gasteiger partial charge on any atom is 0.416 e. The highest BCUT2D eigenvalue weighted by Gasteiger charge is 2.30. The average molecular weight is 520 g/mol. The maximum atomic E-state index is 12.9. The van der Waals surface area contributed by atoms with E-state index in [0.717, 1.165) is 23.3 Å². The van der Waals surface area contributed by atoms with Gasteiger partial charge < -0.3 is 10.6 Å². The molecule has 0 unspecified atom stereocenters. The quantitative estimate of drug-likeness (QED) is 0.255. The lowest BCUT2D eigenvalue weighted by Gasteiger charge is -2.11. The highest BCUT2D eigenvalue weighted by molar-refractivity contribution is 7.80. The fourth-order valence-corrected chi connectivity index (χ4v) is 3.67. The van der Waals surface area contributed by atoms with Gasteiger partial charge in [0.05, 0.1) is 5.56 Å². The lowest BCUT2D eigenvalue weighted by Crippen LogP contribution is -2.34. The molecule has 4 aromatic rings. The summed E-state index contributed by atoms with van der Waals surface area (Å²) in [6.45, 7) is 0. The van der Waals surface area contributed by atoms with Gasteiger partial charge in [-0.15, -0.1) is 0 Å². The summed E-state index contributed by atoms with van der Waals surface area (Å²) >= 11 is 5.21. The predicted octanol–water partition coefficient (Wildman–Crippen LogP) is 6.75. The van der Waals surface area contributed by atoms with Gasteiger partial charge in [-0.2, -0.15) is 13.2 Å². The van der Waals surface area contributed by atoms with Gasteiger partial charge >= 0.3 is 6.18 Å². The fraction of sp³-hybridized carbons (Fsp3) is 0.0357. The van der Waals surface area contributed by atoms with Crippen LogP contribution >= 0.6 is 12.2 Å². The summed E-state index contributed by atoms with van der Waals surface area (Å²) in [6, 6.07) is 27.4. The number of nitrogens with one attached hydrogen (secondary N) is 3. The van der Waals surface area contributed by atoms with Gasteiger partial charge in [0.2, 0.25) is 0 Å². The number of anilines is 2. The fourth-order valence-electron chi connectivity index (χ4n) is 3.46. The summed E-state index contributed by atoms with van der Waals surface area (Å²) in [5.74, 6) is -0.949. The van der Waals surface area contributed by atoms with Gasteiger partial charge in [-0.1, -0.05) is 48.5 Å². The number of hydrogen-bond donors (Lipinski definition) is 3. The Morgan fingerprint density at radius 3 is 1.86 bits per heavy atom. The first-order valence-electron chi connectivity index (χ1n) is 11.1. The molecule has 0 atom stereocenters. The van der Waals surface area contributed by atoms with Crippen LogP contribution in [-0.4, -0.2) is 16.9 Å². The summed E-state index contributed by atoms with van der Waals surface area (Å²) in [5, 5.41) is 7.98. The van der Waals surface area contributed by atoms with Crippen LogP contribution in [0.15, 0.2) is 103 Å². The first kappa shape index (κ1) is 25.6. The monoisotopic (exact) mass is 519 g/mol. The maximum absolute atomic E-state index is 12.9. The van der Waals surface area contributed by atoms with Crippen molar-refractivity contribution >= 4 is 40.5 Å². The molecule has 2 amide bonds. The van der Waals surface area contributed by atoms with E-state index in [1.165, 1.54) is 24.3 Å². The van der Waals surface area contributed by atoms with Crippen LogP contribution in [0.4, 0.5) is 24.5 Å². The molecule has 37 heavy (non-hydrogen) atoms. The number of thiocarbonyl (C=S) groups is 1. The van der Waals surface area contributed by atoms with Gasteiger partial charge in [0, 0.05) is 22.5 Å². The average Bonchev–Trinajstić information content (AvgIpc) is 2.89. The minimum Gasteiger partial charge on any atom is -0.332 e. The molecule has 4 rings (SSSR count). The Bertz CT molecular complexity index is 1420. The second kappa shape index (κ2) is 11.0. The highest BCUT2D eigenvalue weighted by Crippen LogP contribution is 2.30. The van der Waals surface area contributed by atoms with Crippen LogP contribution in [0.1, 0.15) is 26.3 Å². The standard InChI is InChI=1S/C28H20F3N3O2S/c29-28(30,31)22-7-4-8-24(17-22)32-25(35)21-13-15-23(16-14-21)33-27(37)34-26(36)20-11-9-19(10-12-20)18-5-2-1-3-6-18/h1-17H,(H,32,35)(H2,33,34,36,37). The Morgan fingerprint density at radius 1 is 0.622 bits per heavy atom.